The van der Waals surface area contributed by atoms with E-state index in [4.69, 9.17) is 0 Å². The van der Waals surface area contributed by atoms with Gasteiger partial charge >= 0.3 is 6.03 Å². The van der Waals surface area contributed by atoms with Gasteiger partial charge in [0.2, 0.25) is 0 Å². The fourth-order valence-corrected chi connectivity index (χ4v) is 0.848. The minimum Gasteiger partial charge on any atom is -0.319 e. The van der Waals surface area contributed by atoms with E-state index >= 15 is 0 Å². The molecule has 0 bridgehead atoms. The summed E-state index contributed by atoms with van der Waals surface area (Å²) in [6.45, 7) is 1.64. The first-order chi connectivity index (χ1) is 5.15. The molecule has 0 radical (unpaired) electrons. The van der Waals surface area contributed by atoms with Gasteiger partial charge < -0.3 is 5.32 Å². The molecular formula is C6H8N2O3. The zero-order valence-electron chi connectivity index (χ0n) is 6.01. The molecule has 1 rings (SSSR count). The molecule has 1 heterocycles. The number of rotatable bonds is 2. The Morgan fingerprint density at radius 2 is 2.18 bits per heavy atom. The molecule has 0 saturated carbocycles. The maximum atomic E-state index is 10.9. The summed E-state index contributed by atoms with van der Waals surface area (Å²) >= 11 is 0. The van der Waals surface area contributed by atoms with E-state index in [1.807, 2.05) is 5.32 Å². The number of carbonyl (C=O) groups is 3. The number of urea groups is 1. The lowest BCUT2D eigenvalue weighted by Gasteiger charge is -2.01. The molecule has 0 aromatic heterocycles. The van der Waals surface area contributed by atoms with Crippen molar-refractivity contribution in [1.82, 2.24) is 10.6 Å². The van der Waals surface area contributed by atoms with Gasteiger partial charge in [0.15, 0.2) is 11.8 Å². The van der Waals surface area contributed by atoms with Crippen LogP contribution in [0.15, 0.2) is 0 Å². The molecule has 0 spiro atoms. The van der Waals surface area contributed by atoms with Crippen molar-refractivity contribution in [1.29, 1.82) is 0 Å². The first-order valence-corrected chi connectivity index (χ1v) is 3.29. The minimum absolute atomic E-state index is 0.248. The number of hydrogen-bond acceptors (Lipinski definition) is 3. The number of carbonyl (C=O) groups excluding carboxylic acids is 3. The van der Waals surface area contributed by atoms with E-state index in [2.05, 4.69) is 5.32 Å². The minimum atomic E-state index is -0.965. The molecule has 0 aromatic rings. The van der Waals surface area contributed by atoms with Crippen LogP contribution in [0, 0.1) is 0 Å². The van der Waals surface area contributed by atoms with Crippen molar-refractivity contribution < 1.29 is 14.4 Å². The summed E-state index contributed by atoms with van der Waals surface area (Å²) in [6, 6.07) is -1.56. The van der Waals surface area contributed by atoms with Gasteiger partial charge in [0, 0.05) is 6.42 Å². The predicted molar refractivity (Wildman–Crippen MR) is 35.8 cm³/mol. The van der Waals surface area contributed by atoms with Crippen LogP contribution in [0.25, 0.3) is 0 Å². The second-order valence-electron chi connectivity index (χ2n) is 2.22. The Morgan fingerprint density at radius 3 is 2.55 bits per heavy atom. The van der Waals surface area contributed by atoms with Crippen molar-refractivity contribution in [2.24, 2.45) is 0 Å². The molecule has 11 heavy (non-hydrogen) atoms. The van der Waals surface area contributed by atoms with Gasteiger partial charge in [0.1, 0.15) is 0 Å². The SMILES string of the molecule is CCC(=O)C1NC(=O)NC1=O. The average molecular weight is 156 g/mol. The monoisotopic (exact) mass is 156 g/mol. The molecule has 60 valence electrons. The zero-order valence-corrected chi connectivity index (χ0v) is 6.01. The van der Waals surface area contributed by atoms with E-state index in [0.717, 1.165) is 0 Å². The first kappa shape index (κ1) is 7.71. The van der Waals surface area contributed by atoms with Crippen LogP contribution in [-0.2, 0) is 9.59 Å². The van der Waals surface area contributed by atoms with Gasteiger partial charge in [-0.3, -0.25) is 14.9 Å². The predicted octanol–water partition coefficient (Wildman–Crippen LogP) is -0.827. The Labute approximate surface area is 63.1 Å². The molecule has 1 saturated heterocycles. The van der Waals surface area contributed by atoms with Crippen LogP contribution in [-0.4, -0.2) is 23.8 Å². The van der Waals surface area contributed by atoms with Gasteiger partial charge in [0.05, 0.1) is 0 Å². The number of nitrogens with one attached hydrogen (secondary N) is 2. The van der Waals surface area contributed by atoms with E-state index in [1.54, 1.807) is 6.92 Å². The molecular weight excluding hydrogens is 148 g/mol. The number of ketones is 1. The summed E-state index contributed by atoms with van der Waals surface area (Å²) in [6.07, 6.45) is 0.248. The van der Waals surface area contributed by atoms with Crippen LogP contribution in [0.4, 0.5) is 4.79 Å². The number of amides is 3. The van der Waals surface area contributed by atoms with Crippen molar-refractivity contribution >= 4 is 17.7 Å². The Balaban J connectivity index is 2.67. The van der Waals surface area contributed by atoms with Gasteiger partial charge in [-0.25, -0.2) is 4.79 Å². The van der Waals surface area contributed by atoms with Gasteiger partial charge in [0.25, 0.3) is 5.91 Å². The van der Waals surface area contributed by atoms with E-state index in [1.165, 1.54) is 0 Å². The number of imide groups is 1. The molecule has 1 atom stereocenters. The summed E-state index contributed by atoms with van der Waals surface area (Å²) in [5.41, 5.74) is 0. The topological polar surface area (TPSA) is 75.3 Å². The van der Waals surface area contributed by atoms with Crippen LogP contribution >= 0.6 is 0 Å². The van der Waals surface area contributed by atoms with E-state index in [-0.39, 0.29) is 12.2 Å². The maximum Gasteiger partial charge on any atom is 0.322 e. The van der Waals surface area contributed by atoms with Crippen molar-refractivity contribution in [2.75, 3.05) is 0 Å². The molecule has 1 aliphatic rings. The van der Waals surface area contributed by atoms with Gasteiger partial charge in [-0.2, -0.15) is 0 Å². The normalized spacial score (nSPS) is 22.8. The lowest BCUT2D eigenvalue weighted by atomic mass is 10.1. The Bertz CT molecular complexity index is 224. The average Bonchev–Trinajstić information content (AvgIpc) is 2.28. The zero-order chi connectivity index (χ0) is 8.43. The molecule has 3 amide bonds. The van der Waals surface area contributed by atoms with E-state index in [9.17, 15) is 14.4 Å². The lowest BCUT2D eigenvalue weighted by Crippen LogP contribution is -2.36. The summed E-state index contributed by atoms with van der Waals surface area (Å²) in [4.78, 5) is 32.2. The van der Waals surface area contributed by atoms with Crippen molar-refractivity contribution in [3.8, 4) is 0 Å². The lowest BCUT2D eigenvalue weighted by molar-refractivity contribution is -0.128. The number of hydrogen-bond donors (Lipinski definition) is 2. The maximum absolute atomic E-state index is 10.9. The second kappa shape index (κ2) is 2.69. The Morgan fingerprint density at radius 1 is 1.55 bits per heavy atom. The van der Waals surface area contributed by atoms with Gasteiger partial charge in [-0.05, 0) is 0 Å². The highest BCUT2D eigenvalue weighted by Gasteiger charge is 2.33. The third-order valence-corrected chi connectivity index (χ3v) is 1.44. The van der Waals surface area contributed by atoms with E-state index < -0.39 is 18.0 Å². The standard InChI is InChI=1S/C6H8N2O3/c1-2-3(9)4-5(10)8-6(11)7-4/h4H,2H2,1H3,(H2,7,8,10,11). The smallest absolute Gasteiger partial charge is 0.319 e. The van der Waals surface area contributed by atoms with Crippen molar-refractivity contribution in [3.63, 3.8) is 0 Å². The Hall–Kier alpha value is -1.39. The molecule has 2 N–H and O–H groups in total. The largest absolute Gasteiger partial charge is 0.322 e. The fraction of sp³-hybridized carbons (Fsp3) is 0.500. The molecule has 0 aromatic carbocycles. The summed E-state index contributed by atoms with van der Waals surface area (Å²) in [5.74, 6) is -0.824. The second-order valence-corrected chi connectivity index (χ2v) is 2.22. The van der Waals surface area contributed by atoms with Crippen molar-refractivity contribution in [2.45, 2.75) is 19.4 Å². The fourth-order valence-electron chi connectivity index (χ4n) is 0.848. The van der Waals surface area contributed by atoms with Gasteiger partial charge in [-0.1, -0.05) is 6.92 Å². The molecule has 5 heteroatoms. The third-order valence-electron chi connectivity index (χ3n) is 1.44. The van der Waals surface area contributed by atoms with E-state index in [0.29, 0.717) is 0 Å². The molecule has 1 fully saturated rings. The van der Waals surface area contributed by atoms with Crippen molar-refractivity contribution in [3.05, 3.63) is 0 Å². The molecule has 1 unspecified atom stereocenters. The van der Waals surface area contributed by atoms with Crippen LogP contribution in [0.1, 0.15) is 13.3 Å². The summed E-state index contributed by atoms with van der Waals surface area (Å²) in [5, 5.41) is 4.18. The van der Waals surface area contributed by atoms with Crippen LogP contribution < -0.4 is 10.6 Å². The highest BCUT2D eigenvalue weighted by atomic mass is 16.2. The highest BCUT2D eigenvalue weighted by Crippen LogP contribution is 1.96. The first-order valence-electron chi connectivity index (χ1n) is 3.29. The number of Topliss-reactive ketones (excluding diaryl/α,β-unsaturated/α-hetero) is 1. The van der Waals surface area contributed by atoms with Crippen LogP contribution in [0.3, 0.4) is 0 Å². The molecule has 0 aliphatic carbocycles. The highest BCUT2D eigenvalue weighted by molar-refractivity contribution is 6.16. The summed E-state index contributed by atoms with van der Waals surface area (Å²) < 4.78 is 0. The third kappa shape index (κ3) is 1.36. The molecule has 5 nitrogen and oxygen atoms in total. The molecule has 1 aliphatic heterocycles. The van der Waals surface area contributed by atoms with Crippen LogP contribution in [0.5, 0.6) is 0 Å². The Kier molecular flexibility index (Phi) is 1.89. The quantitative estimate of drug-likeness (QED) is 0.405. The van der Waals surface area contributed by atoms with Gasteiger partial charge in [-0.15, -0.1) is 0 Å². The van der Waals surface area contributed by atoms with Crippen LogP contribution in [0.2, 0.25) is 0 Å². The summed E-state index contributed by atoms with van der Waals surface area (Å²) in [7, 11) is 0.